The Morgan fingerprint density at radius 1 is 1.23 bits per heavy atom. The van der Waals surface area contributed by atoms with Crippen LogP contribution in [-0.4, -0.2) is 52.5 Å². The molecule has 1 aromatic rings. The van der Waals surface area contributed by atoms with Crippen LogP contribution in [0.3, 0.4) is 0 Å². The second kappa shape index (κ2) is 12.5. The van der Waals surface area contributed by atoms with E-state index in [0.717, 1.165) is 50.5 Å². The average Bonchev–Trinajstić information content (AvgIpc) is 2.64. The van der Waals surface area contributed by atoms with Gasteiger partial charge in [0, 0.05) is 45.4 Å². The van der Waals surface area contributed by atoms with Crippen molar-refractivity contribution in [2.45, 2.75) is 31.6 Å². The smallest absolute Gasteiger partial charge is 0.191 e. The van der Waals surface area contributed by atoms with Crippen molar-refractivity contribution in [3.8, 4) is 0 Å². The predicted molar refractivity (Wildman–Crippen MR) is 114 cm³/mol. The Morgan fingerprint density at radius 2 is 1.92 bits per heavy atom. The number of methoxy groups -OCH3 is 1. The number of nitrogens with zero attached hydrogens (tertiary/aromatic N) is 1. The van der Waals surface area contributed by atoms with Crippen LogP contribution in [0, 0.1) is 5.82 Å². The molecule has 2 rings (SSSR count). The SMILES string of the molecule is CCNC(=NCC1(c2ccc(F)cc2)CCOCC1)NCCCOC.I. The highest BCUT2D eigenvalue weighted by Gasteiger charge is 2.34. The minimum absolute atomic E-state index is 0. The van der Waals surface area contributed by atoms with Crippen LogP contribution in [0.1, 0.15) is 31.7 Å². The number of rotatable bonds is 8. The van der Waals surface area contributed by atoms with E-state index in [-0.39, 0.29) is 35.2 Å². The maximum Gasteiger partial charge on any atom is 0.191 e. The maximum absolute atomic E-state index is 13.3. The third-order valence-corrected chi connectivity index (χ3v) is 4.61. The molecule has 0 amide bonds. The van der Waals surface area contributed by atoms with Gasteiger partial charge in [-0.15, -0.1) is 24.0 Å². The fraction of sp³-hybridized carbons (Fsp3) is 0.632. The van der Waals surface area contributed by atoms with Crippen molar-refractivity contribution in [3.05, 3.63) is 35.6 Å². The molecule has 1 aromatic carbocycles. The molecular formula is C19H31FIN3O2. The van der Waals surface area contributed by atoms with Crippen LogP contribution in [0.4, 0.5) is 4.39 Å². The molecule has 0 radical (unpaired) electrons. The number of halogens is 2. The average molecular weight is 479 g/mol. The van der Waals surface area contributed by atoms with Crippen molar-refractivity contribution in [1.29, 1.82) is 0 Å². The molecule has 0 atom stereocenters. The first kappa shape index (κ1) is 23.1. The molecule has 1 heterocycles. The Balaban J connectivity index is 0.00000338. The Hall–Kier alpha value is -0.930. The summed E-state index contributed by atoms with van der Waals surface area (Å²) in [4.78, 5) is 4.81. The van der Waals surface area contributed by atoms with E-state index in [0.29, 0.717) is 19.8 Å². The van der Waals surface area contributed by atoms with Gasteiger partial charge in [0.05, 0.1) is 6.54 Å². The lowest BCUT2D eigenvalue weighted by Gasteiger charge is -2.36. The van der Waals surface area contributed by atoms with Gasteiger partial charge in [0.15, 0.2) is 5.96 Å². The highest BCUT2D eigenvalue weighted by atomic mass is 127. The zero-order valence-electron chi connectivity index (χ0n) is 15.7. The molecule has 0 saturated carbocycles. The summed E-state index contributed by atoms with van der Waals surface area (Å²) in [5.41, 5.74) is 1.04. The number of nitrogens with one attached hydrogen (secondary N) is 2. The Labute approximate surface area is 173 Å². The minimum atomic E-state index is -0.206. The molecule has 0 spiro atoms. The van der Waals surface area contributed by atoms with E-state index in [1.807, 2.05) is 12.1 Å². The molecule has 1 aliphatic rings. The number of aliphatic imine (C=N–C) groups is 1. The summed E-state index contributed by atoms with van der Waals surface area (Å²) in [7, 11) is 1.71. The molecule has 5 nitrogen and oxygen atoms in total. The van der Waals surface area contributed by atoms with Crippen molar-refractivity contribution in [2.24, 2.45) is 4.99 Å². The summed E-state index contributed by atoms with van der Waals surface area (Å²) < 4.78 is 23.9. The van der Waals surface area contributed by atoms with Crippen LogP contribution in [0.15, 0.2) is 29.3 Å². The number of guanidine groups is 1. The van der Waals surface area contributed by atoms with Crippen LogP contribution in [0.5, 0.6) is 0 Å². The van der Waals surface area contributed by atoms with Crippen LogP contribution in [-0.2, 0) is 14.9 Å². The third-order valence-electron chi connectivity index (χ3n) is 4.61. The topological polar surface area (TPSA) is 54.9 Å². The van der Waals surface area contributed by atoms with Gasteiger partial charge >= 0.3 is 0 Å². The van der Waals surface area contributed by atoms with Crippen LogP contribution >= 0.6 is 24.0 Å². The summed E-state index contributed by atoms with van der Waals surface area (Å²) in [6.07, 6.45) is 2.72. The van der Waals surface area contributed by atoms with E-state index >= 15 is 0 Å². The lowest BCUT2D eigenvalue weighted by Crippen LogP contribution is -2.41. The normalized spacial score (nSPS) is 16.7. The van der Waals surface area contributed by atoms with Gasteiger partial charge in [0.25, 0.3) is 0 Å². The van der Waals surface area contributed by atoms with Crippen molar-refractivity contribution < 1.29 is 13.9 Å². The van der Waals surface area contributed by atoms with Gasteiger partial charge in [-0.25, -0.2) is 4.39 Å². The molecule has 2 N–H and O–H groups in total. The molecular weight excluding hydrogens is 448 g/mol. The van der Waals surface area contributed by atoms with E-state index in [1.54, 1.807) is 7.11 Å². The van der Waals surface area contributed by atoms with Gasteiger partial charge in [-0.3, -0.25) is 4.99 Å². The largest absolute Gasteiger partial charge is 0.385 e. The zero-order chi connectivity index (χ0) is 18.0. The van der Waals surface area contributed by atoms with Gasteiger partial charge in [-0.2, -0.15) is 0 Å². The number of ether oxygens (including phenoxy) is 2. The first-order valence-corrected chi connectivity index (χ1v) is 9.05. The van der Waals surface area contributed by atoms with Crippen molar-refractivity contribution in [1.82, 2.24) is 10.6 Å². The maximum atomic E-state index is 13.3. The highest BCUT2D eigenvalue weighted by molar-refractivity contribution is 14.0. The van der Waals surface area contributed by atoms with E-state index in [2.05, 4.69) is 17.6 Å². The summed E-state index contributed by atoms with van der Waals surface area (Å²) in [5.74, 6) is 0.606. The van der Waals surface area contributed by atoms with Gasteiger partial charge in [-0.1, -0.05) is 12.1 Å². The van der Waals surface area contributed by atoms with Crippen molar-refractivity contribution >= 4 is 29.9 Å². The van der Waals surface area contributed by atoms with Gasteiger partial charge in [-0.05, 0) is 43.9 Å². The Morgan fingerprint density at radius 3 is 2.54 bits per heavy atom. The summed E-state index contributed by atoms with van der Waals surface area (Å²) in [6, 6.07) is 6.83. The fourth-order valence-electron chi connectivity index (χ4n) is 3.10. The van der Waals surface area contributed by atoms with Gasteiger partial charge in [0.2, 0.25) is 0 Å². The second-order valence-electron chi connectivity index (χ2n) is 6.37. The van der Waals surface area contributed by atoms with Gasteiger partial charge < -0.3 is 20.1 Å². The van der Waals surface area contributed by atoms with Crippen LogP contribution < -0.4 is 10.6 Å². The monoisotopic (exact) mass is 479 g/mol. The molecule has 0 unspecified atom stereocenters. The fourth-order valence-corrected chi connectivity index (χ4v) is 3.10. The van der Waals surface area contributed by atoms with E-state index in [9.17, 15) is 4.39 Å². The van der Waals surface area contributed by atoms with Crippen LogP contribution in [0.2, 0.25) is 0 Å². The first-order valence-electron chi connectivity index (χ1n) is 9.05. The summed E-state index contributed by atoms with van der Waals surface area (Å²) in [6.45, 7) is 6.48. The molecule has 1 saturated heterocycles. The van der Waals surface area contributed by atoms with Gasteiger partial charge in [0.1, 0.15) is 5.82 Å². The third kappa shape index (κ3) is 7.00. The number of hydrogen-bond acceptors (Lipinski definition) is 3. The summed E-state index contributed by atoms with van der Waals surface area (Å²) >= 11 is 0. The minimum Gasteiger partial charge on any atom is -0.385 e. The molecule has 26 heavy (non-hydrogen) atoms. The Kier molecular flexibility index (Phi) is 11.1. The molecule has 148 valence electrons. The van der Waals surface area contributed by atoms with E-state index in [1.165, 1.54) is 12.1 Å². The number of benzene rings is 1. The van der Waals surface area contributed by atoms with Crippen LogP contribution in [0.25, 0.3) is 0 Å². The predicted octanol–water partition coefficient (Wildman–Crippen LogP) is 3.08. The lowest BCUT2D eigenvalue weighted by atomic mass is 9.74. The molecule has 7 heteroatoms. The molecule has 1 fully saturated rings. The standard InChI is InChI=1S/C19H30FN3O2.HI/c1-3-21-18(22-11-4-12-24-2)23-15-19(9-13-25-14-10-19)16-5-7-17(20)8-6-16;/h5-8H,3-4,9-15H2,1-2H3,(H2,21,22,23);1H. The molecule has 1 aliphatic heterocycles. The van der Waals surface area contributed by atoms with Crippen molar-refractivity contribution in [2.75, 3.05) is 46.6 Å². The first-order chi connectivity index (χ1) is 12.2. The van der Waals surface area contributed by atoms with E-state index < -0.39 is 0 Å². The molecule has 0 bridgehead atoms. The zero-order valence-corrected chi connectivity index (χ0v) is 18.1. The molecule has 0 aliphatic carbocycles. The van der Waals surface area contributed by atoms with E-state index in [4.69, 9.17) is 14.5 Å². The summed E-state index contributed by atoms with van der Waals surface area (Å²) in [5, 5.41) is 6.62. The second-order valence-corrected chi connectivity index (χ2v) is 6.37. The number of hydrogen-bond donors (Lipinski definition) is 2. The van der Waals surface area contributed by atoms with Crippen molar-refractivity contribution in [3.63, 3.8) is 0 Å². The quantitative estimate of drug-likeness (QED) is 0.261. The Bertz CT molecular complexity index is 534. The lowest BCUT2D eigenvalue weighted by molar-refractivity contribution is 0.0531. The molecule has 0 aromatic heterocycles. The highest BCUT2D eigenvalue weighted by Crippen LogP contribution is 2.35.